The molecule has 2 aromatic carbocycles. The van der Waals surface area contributed by atoms with E-state index < -0.39 is 15.9 Å². The van der Waals surface area contributed by atoms with Crippen LogP contribution in [0.1, 0.15) is 16.1 Å². The summed E-state index contributed by atoms with van der Waals surface area (Å²) in [6, 6.07) is 13.1. The lowest BCUT2D eigenvalue weighted by molar-refractivity contribution is 0.102. The Hall–Kier alpha value is -3.21. The number of amides is 1. The first kappa shape index (κ1) is 22.0. The standard InChI is InChI=1S/C22H19N3O4S3/c1-14-3-8-18(32(27,28)25-16-4-6-17(29-2)7-5-16)11-19(14)23-21(26)20-13-31-22(24-20)15-9-10-30-12-15/h3-13,25H,1-2H3,(H,23,26). The third-order valence-corrected chi connectivity index (χ3v) is 7.57. The third-order valence-electron chi connectivity index (χ3n) is 4.61. The zero-order valence-electron chi connectivity index (χ0n) is 17.2. The van der Waals surface area contributed by atoms with Gasteiger partial charge in [0.05, 0.1) is 12.0 Å². The highest BCUT2D eigenvalue weighted by Gasteiger charge is 2.18. The van der Waals surface area contributed by atoms with Crippen LogP contribution in [-0.2, 0) is 10.0 Å². The van der Waals surface area contributed by atoms with Crippen LogP contribution in [0, 0.1) is 6.92 Å². The Morgan fingerprint density at radius 2 is 1.84 bits per heavy atom. The number of hydrogen-bond donors (Lipinski definition) is 2. The van der Waals surface area contributed by atoms with Gasteiger partial charge in [0.25, 0.3) is 15.9 Å². The fraction of sp³-hybridized carbons (Fsp3) is 0.0909. The lowest BCUT2D eigenvalue weighted by Crippen LogP contribution is -2.16. The van der Waals surface area contributed by atoms with Gasteiger partial charge in [-0.15, -0.1) is 11.3 Å². The number of rotatable bonds is 7. The molecular formula is C22H19N3O4S3. The van der Waals surface area contributed by atoms with E-state index in [2.05, 4.69) is 15.0 Å². The Balaban J connectivity index is 1.53. The minimum atomic E-state index is -3.85. The van der Waals surface area contributed by atoms with E-state index in [1.807, 2.05) is 16.8 Å². The van der Waals surface area contributed by atoms with Gasteiger partial charge in [0.15, 0.2) is 0 Å². The number of thiazole rings is 1. The highest BCUT2D eigenvalue weighted by atomic mass is 32.2. The fourth-order valence-corrected chi connectivity index (χ4v) is 5.46. The molecule has 0 atom stereocenters. The van der Waals surface area contributed by atoms with E-state index in [0.29, 0.717) is 17.1 Å². The molecule has 1 amide bonds. The van der Waals surface area contributed by atoms with Gasteiger partial charge < -0.3 is 10.1 Å². The first-order chi connectivity index (χ1) is 15.4. The molecule has 7 nitrogen and oxygen atoms in total. The van der Waals surface area contributed by atoms with Crippen LogP contribution in [0.3, 0.4) is 0 Å². The third kappa shape index (κ3) is 4.82. The molecule has 2 N–H and O–H groups in total. The molecule has 0 bridgehead atoms. The fourth-order valence-electron chi connectivity index (χ4n) is 2.86. The zero-order valence-corrected chi connectivity index (χ0v) is 19.6. The predicted octanol–water partition coefficient (Wildman–Crippen LogP) is 5.24. The van der Waals surface area contributed by atoms with Crippen molar-refractivity contribution < 1.29 is 17.9 Å². The largest absolute Gasteiger partial charge is 0.497 e. The van der Waals surface area contributed by atoms with Crippen molar-refractivity contribution in [1.82, 2.24) is 4.98 Å². The monoisotopic (exact) mass is 485 g/mol. The molecule has 0 aliphatic heterocycles. The van der Waals surface area contributed by atoms with Crippen molar-refractivity contribution in [2.45, 2.75) is 11.8 Å². The molecule has 0 saturated carbocycles. The molecule has 4 aromatic rings. The van der Waals surface area contributed by atoms with E-state index in [4.69, 9.17) is 4.74 Å². The summed E-state index contributed by atoms with van der Waals surface area (Å²) in [7, 11) is -2.32. The number of benzene rings is 2. The second-order valence-corrected chi connectivity index (χ2v) is 10.1. The van der Waals surface area contributed by atoms with Gasteiger partial charge in [-0.05, 0) is 60.3 Å². The van der Waals surface area contributed by atoms with Crippen LogP contribution in [0.2, 0.25) is 0 Å². The van der Waals surface area contributed by atoms with Crippen molar-refractivity contribution in [3.63, 3.8) is 0 Å². The Kier molecular flexibility index (Phi) is 6.26. The van der Waals surface area contributed by atoms with Crippen LogP contribution < -0.4 is 14.8 Å². The maximum Gasteiger partial charge on any atom is 0.275 e. The van der Waals surface area contributed by atoms with Gasteiger partial charge >= 0.3 is 0 Å². The van der Waals surface area contributed by atoms with E-state index in [1.165, 1.54) is 30.6 Å². The van der Waals surface area contributed by atoms with E-state index in [1.54, 1.807) is 54.0 Å². The molecule has 0 radical (unpaired) electrons. The van der Waals surface area contributed by atoms with Gasteiger partial charge in [-0.25, -0.2) is 13.4 Å². The van der Waals surface area contributed by atoms with Crippen molar-refractivity contribution in [3.05, 3.63) is 75.9 Å². The Morgan fingerprint density at radius 3 is 2.53 bits per heavy atom. The molecule has 0 aliphatic rings. The quantitative estimate of drug-likeness (QED) is 0.373. The summed E-state index contributed by atoms with van der Waals surface area (Å²) in [5.74, 6) is 0.223. The van der Waals surface area contributed by atoms with Crippen LogP contribution in [-0.4, -0.2) is 26.4 Å². The molecule has 0 aliphatic carbocycles. The normalized spacial score (nSPS) is 11.2. The minimum Gasteiger partial charge on any atom is -0.497 e. The number of ether oxygens (including phenoxy) is 1. The molecule has 2 heterocycles. The van der Waals surface area contributed by atoms with Crippen LogP contribution in [0.4, 0.5) is 11.4 Å². The number of sulfonamides is 1. The molecule has 32 heavy (non-hydrogen) atoms. The smallest absolute Gasteiger partial charge is 0.275 e. The van der Waals surface area contributed by atoms with E-state index in [0.717, 1.165) is 16.1 Å². The van der Waals surface area contributed by atoms with E-state index in [-0.39, 0.29) is 10.6 Å². The second-order valence-electron chi connectivity index (χ2n) is 6.81. The minimum absolute atomic E-state index is 0.0338. The van der Waals surface area contributed by atoms with Crippen molar-refractivity contribution in [3.8, 4) is 16.3 Å². The SMILES string of the molecule is COc1ccc(NS(=O)(=O)c2ccc(C)c(NC(=O)c3csc(-c4ccsc4)n3)c2)cc1. The summed E-state index contributed by atoms with van der Waals surface area (Å²) in [4.78, 5) is 17.1. The number of thiophene rings is 1. The van der Waals surface area contributed by atoms with Gasteiger partial charge in [-0.1, -0.05) is 6.07 Å². The number of carbonyl (C=O) groups excluding carboxylic acids is 1. The number of nitrogens with zero attached hydrogens (tertiary/aromatic N) is 1. The highest BCUT2D eigenvalue weighted by molar-refractivity contribution is 7.92. The highest BCUT2D eigenvalue weighted by Crippen LogP contribution is 2.27. The van der Waals surface area contributed by atoms with Crippen LogP contribution in [0.15, 0.2) is 69.6 Å². The Morgan fingerprint density at radius 1 is 1.06 bits per heavy atom. The molecule has 4 rings (SSSR count). The van der Waals surface area contributed by atoms with Crippen LogP contribution in [0.5, 0.6) is 5.75 Å². The average Bonchev–Trinajstić information content (AvgIpc) is 3.47. The average molecular weight is 486 g/mol. The Bertz CT molecular complexity index is 1350. The van der Waals surface area contributed by atoms with Gasteiger partial charge in [0.2, 0.25) is 0 Å². The van der Waals surface area contributed by atoms with Gasteiger partial charge in [-0.3, -0.25) is 9.52 Å². The predicted molar refractivity (Wildman–Crippen MR) is 128 cm³/mol. The van der Waals surface area contributed by atoms with Crippen molar-refractivity contribution in [2.24, 2.45) is 0 Å². The lowest BCUT2D eigenvalue weighted by Gasteiger charge is -2.12. The number of aryl methyl sites for hydroxylation is 1. The second kappa shape index (κ2) is 9.11. The van der Waals surface area contributed by atoms with Gasteiger partial charge in [-0.2, -0.15) is 11.3 Å². The van der Waals surface area contributed by atoms with Crippen LogP contribution >= 0.6 is 22.7 Å². The molecule has 0 fully saturated rings. The van der Waals surface area contributed by atoms with E-state index >= 15 is 0 Å². The molecule has 10 heteroatoms. The molecule has 0 saturated heterocycles. The molecule has 0 unspecified atom stereocenters. The van der Waals surface area contributed by atoms with Crippen LogP contribution in [0.25, 0.3) is 10.6 Å². The molecular weight excluding hydrogens is 466 g/mol. The number of aromatic nitrogens is 1. The molecule has 2 aromatic heterocycles. The lowest BCUT2D eigenvalue weighted by atomic mass is 10.2. The van der Waals surface area contributed by atoms with Crippen molar-refractivity contribution in [2.75, 3.05) is 17.1 Å². The maximum absolute atomic E-state index is 12.8. The molecule has 0 spiro atoms. The summed E-state index contributed by atoms with van der Waals surface area (Å²) in [6.07, 6.45) is 0. The number of carbonyl (C=O) groups is 1. The summed E-state index contributed by atoms with van der Waals surface area (Å²) in [5, 5.41) is 9.13. The van der Waals surface area contributed by atoms with Gasteiger partial charge in [0, 0.05) is 27.7 Å². The summed E-state index contributed by atoms with van der Waals surface area (Å²) in [5.41, 5.74) is 2.78. The number of nitrogens with one attached hydrogen (secondary N) is 2. The number of anilines is 2. The van der Waals surface area contributed by atoms with Crippen molar-refractivity contribution in [1.29, 1.82) is 0 Å². The topological polar surface area (TPSA) is 97.4 Å². The summed E-state index contributed by atoms with van der Waals surface area (Å²) in [6.45, 7) is 1.79. The van der Waals surface area contributed by atoms with E-state index in [9.17, 15) is 13.2 Å². The Labute approximate surface area is 193 Å². The summed E-state index contributed by atoms with van der Waals surface area (Å²) >= 11 is 2.94. The zero-order chi connectivity index (χ0) is 22.7. The maximum atomic E-state index is 12.8. The summed E-state index contributed by atoms with van der Waals surface area (Å²) < 4.78 is 33.3. The first-order valence-electron chi connectivity index (χ1n) is 9.43. The van der Waals surface area contributed by atoms with Gasteiger partial charge in [0.1, 0.15) is 16.5 Å². The first-order valence-corrected chi connectivity index (χ1v) is 12.7. The number of methoxy groups -OCH3 is 1. The number of hydrogen-bond acceptors (Lipinski definition) is 7. The van der Waals surface area contributed by atoms with Crippen molar-refractivity contribution >= 4 is 50.0 Å². The molecule has 164 valence electrons.